The van der Waals surface area contributed by atoms with E-state index in [-0.39, 0.29) is 17.6 Å². The fourth-order valence-corrected chi connectivity index (χ4v) is 2.94. The molecule has 0 radical (unpaired) electrons. The van der Waals surface area contributed by atoms with Gasteiger partial charge in [-0.25, -0.2) is 4.68 Å². The molecule has 2 heterocycles. The Morgan fingerprint density at radius 3 is 2.72 bits per heavy atom. The Bertz CT molecular complexity index is 763. The molecule has 0 atom stereocenters. The van der Waals surface area contributed by atoms with Crippen LogP contribution in [0.4, 0.5) is 13.2 Å². The molecule has 2 aromatic rings. The summed E-state index contributed by atoms with van der Waals surface area (Å²) in [4.78, 5) is 12.4. The van der Waals surface area contributed by atoms with Crippen LogP contribution in [-0.4, -0.2) is 34.8 Å². The van der Waals surface area contributed by atoms with Gasteiger partial charge < -0.3 is 10.6 Å². The second kappa shape index (κ2) is 6.87. The minimum absolute atomic E-state index is 0.102. The van der Waals surface area contributed by atoms with Crippen molar-refractivity contribution in [2.24, 2.45) is 0 Å². The monoisotopic (exact) mass is 352 g/mol. The largest absolute Gasteiger partial charge is 0.416 e. The summed E-state index contributed by atoms with van der Waals surface area (Å²) in [5, 5.41) is 10.3. The van der Waals surface area contributed by atoms with Crippen molar-refractivity contribution in [2.75, 3.05) is 13.1 Å². The topological polar surface area (TPSA) is 59.0 Å². The number of halogens is 3. The van der Waals surface area contributed by atoms with Crippen molar-refractivity contribution in [3.05, 3.63) is 47.3 Å². The minimum atomic E-state index is -4.42. The van der Waals surface area contributed by atoms with E-state index in [9.17, 15) is 18.0 Å². The fraction of sp³-hybridized carbons (Fsp3) is 0.412. The standard InChI is InChI=1S/C17H19F3N4O/c1-11-15(16(25)23-13-5-7-21-8-6-13)10-22-24(11)14-4-2-3-12(9-14)17(18,19)20/h2-4,9-10,13,21H,5-8H2,1H3,(H,23,25). The lowest BCUT2D eigenvalue weighted by atomic mass is 10.1. The summed E-state index contributed by atoms with van der Waals surface area (Å²) in [6.45, 7) is 3.38. The number of carbonyl (C=O) groups is 1. The number of amides is 1. The lowest BCUT2D eigenvalue weighted by molar-refractivity contribution is -0.137. The molecule has 1 amide bonds. The zero-order valence-corrected chi connectivity index (χ0v) is 13.7. The third-order valence-electron chi connectivity index (χ3n) is 4.35. The first kappa shape index (κ1) is 17.5. The molecule has 1 aliphatic heterocycles. The van der Waals surface area contributed by atoms with Gasteiger partial charge in [-0.2, -0.15) is 18.3 Å². The Morgan fingerprint density at radius 1 is 1.32 bits per heavy atom. The molecule has 0 saturated carbocycles. The molecule has 2 N–H and O–H groups in total. The quantitative estimate of drug-likeness (QED) is 0.893. The molecule has 0 bridgehead atoms. The van der Waals surface area contributed by atoms with Crippen LogP contribution in [-0.2, 0) is 6.18 Å². The van der Waals surface area contributed by atoms with Crippen molar-refractivity contribution in [1.29, 1.82) is 0 Å². The first-order chi connectivity index (χ1) is 11.9. The maximum Gasteiger partial charge on any atom is 0.416 e. The molecule has 25 heavy (non-hydrogen) atoms. The second-order valence-electron chi connectivity index (χ2n) is 6.10. The number of benzene rings is 1. The van der Waals surface area contributed by atoms with Gasteiger partial charge in [0.2, 0.25) is 0 Å². The van der Waals surface area contributed by atoms with E-state index in [1.165, 1.54) is 23.0 Å². The summed E-state index contributed by atoms with van der Waals surface area (Å²) in [5.74, 6) is -0.248. The number of alkyl halides is 3. The van der Waals surface area contributed by atoms with Crippen molar-refractivity contribution in [3.63, 3.8) is 0 Å². The van der Waals surface area contributed by atoms with Gasteiger partial charge in [0.15, 0.2) is 0 Å². The SMILES string of the molecule is Cc1c(C(=O)NC2CCNCC2)cnn1-c1cccc(C(F)(F)F)c1. The van der Waals surface area contributed by atoms with E-state index in [1.807, 2.05) is 0 Å². The van der Waals surface area contributed by atoms with Gasteiger partial charge in [0.1, 0.15) is 0 Å². The van der Waals surface area contributed by atoms with Crippen LogP contribution in [0, 0.1) is 6.92 Å². The molecule has 0 unspecified atom stereocenters. The van der Waals surface area contributed by atoms with Crippen LogP contribution < -0.4 is 10.6 Å². The van der Waals surface area contributed by atoms with E-state index in [1.54, 1.807) is 6.92 Å². The zero-order chi connectivity index (χ0) is 18.0. The molecule has 3 rings (SSSR count). The van der Waals surface area contributed by atoms with E-state index >= 15 is 0 Å². The number of nitrogens with one attached hydrogen (secondary N) is 2. The third-order valence-corrected chi connectivity index (χ3v) is 4.35. The van der Waals surface area contributed by atoms with Crippen molar-refractivity contribution in [3.8, 4) is 5.69 Å². The average molecular weight is 352 g/mol. The lowest BCUT2D eigenvalue weighted by Crippen LogP contribution is -2.42. The Hall–Kier alpha value is -2.35. The maximum absolute atomic E-state index is 12.9. The Labute approximate surface area is 143 Å². The van der Waals surface area contributed by atoms with Crippen LogP contribution in [0.25, 0.3) is 5.69 Å². The van der Waals surface area contributed by atoms with Crippen molar-refractivity contribution >= 4 is 5.91 Å². The highest BCUT2D eigenvalue weighted by Crippen LogP contribution is 2.30. The third kappa shape index (κ3) is 3.84. The number of rotatable bonds is 3. The van der Waals surface area contributed by atoms with Crippen molar-refractivity contribution < 1.29 is 18.0 Å². The van der Waals surface area contributed by atoms with Crippen LogP contribution in [0.1, 0.15) is 34.5 Å². The molecule has 5 nitrogen and oxygen atoms in total. The van der Waals surface area contributed by atoms with Gasteiger partial charge in [-0.15, -0.1) is 0 Å². The van der Waals surface area contributed by atoms with Crippen LogP contribution >= 0.6 is 0 Å². The van der Waals surface area contributed by atoms with Crippen LogP contribution in [0.15, 0.2) is 30.5 Å². The fourth-order valence-electron chi connectivity index (χ4n) is 2.94. The Kier molecular flexibility index (Phi) is 4.80. The predicted molar refractivity (Wildman–Crippen MR) is 86.7 cm³/mol. The van der Waals surface area contributed by atoms with Crippen LogP contribution in [0.3, 0.4) is 0 Å². The predicted octanol–water partition coefficient (Wildman–Crippen LogP) is 2.68. The highest BCUT2D eigenvalue weighted by molar-refractivity contribution is 5.95. The molecule has 8 heteroatoms. The number of aromatic nitrogens is 2. The normalized spacial score (nSPS) is 16.0. The van der Waals surface area contributed by atoms with E-state index in [4.69, 9.17) is 0 Å². The van der Waals surface area contributed by atoms with Gasteiger partial charge in [-0.1, -0.05) is 6.07 Å². The number of nitrogens with zero attached hydrogens (tertiary/aromatic N) is 2. The molecule has 1 aliphatic rings. The highest BCUT2D eigenvalue weighted by atomic mass is 19.4. The number of piperidine rings is 1. The summed E-state index contributed by atoms with van der Waals surface area (Å²) in [6, 6.07) is 4.99. The summed E-state index contributed by atoms with van der Waals surface area (Å²) < 4.78 is 40.0. The Morgan fingerprint density at radius 2 is 2.04 bits per heavy atom. The number of hydrogen-bond acceptors (Lipinski definition) is 3. The van der Waals surface area contributed by atoms with E-state index in [0.717, 1.165) is 38.1 Å². The van der Waals surface area contributed by atoms with Crippen LogP contribution in [0.5, 0.6) is 0 Å². The van der Waals surface area contributed by atoms with Gasteiger partial charge in [0, 0.05) is 6.04 Å². The summed E-state index contributed by atoms with van der Waals surface area (Å²) in [6.07, 6.45) is -1.32. The molecule has 0 aliphatic carbocycles. The number of carbonyl (C=O) groups excluding carboxylic acids is 1. The van der Waals surface area contributed by atoms with E-state index in [2.05, 4.69) is 15.7 Å². The molecule has 1 fully saturated rings. The van der Waals surface area contributed by atoms with E-state index in [0.29, 0.717) is 11.3 Å². The minimum Gasteiger partial charge on any atom is -0.349 e. The molecule has 134 valence electrons. The first-order valence-electron chi connectivity index (χ1n) is 8.10. The smallest absolute Gasteiger partial charge is 0.349 e. The van der Waals surface area contributed by atoms with E-state index < -0.39 is 11.7 Å². The van der Waals surface area contributed by atoms with Crippen molar-refractivity contribution in [1.82, 2.24) is 20.4 Å². The van der Waals surface area contributed by atoms with Crippen molar-refractivity contribution in [2.45, 2.75) is 32.0 Å². The van der Waals surface area contributed by atoms with Gasteiger partial charge in [0.05, 0.1) is 28.7 Å². The molecular weight excluding hydrogens is 333 g/mol. The number of hydrogen-bond donors (Lipinski definition) is 2. The Balaban J connectivity index is 1.82. The maximum atomic E-state index is 12.9. The average Bonchev–Trinajstić information content (AvgIpc) is 2.97. The molecule has 1 aromatic heterocycles. The lowest BCUT2D eigenvalue weighted by Gasteiger charge is -2.23. The highest BCUT2D eigenvalue weighted by Gasteiger charge is 2.30. The molecule has 1 aromatic carbocycles. The summed E-state index contributed by atoms with van der Waals surface area (Å²) in [5.41, 5.74) is 0.399. The van der Waals surface area contributed by atoms with Gasteiger partial charge in [-0.05, 0) is 51.1 Å². The zero-order valence-electron chi connectivity index (χ0n) is 13.7. The van der Waals surface area contributed by atoms with Gasteiger partial charge in [-0.3, -0.25) is 4.79 Å². The summed E-state index contributed by atoms with van der Waals surface area (Å²) >= 11 is 0. The first-order valence-corrected chi connectivity index (χ1v) is 8.10. The molecule has 0 spiro atoms. The molecule has 1 saturated heterocycles. The second-order valence-corrected chi connectivity index (χ2v) is 6.10. The summed E-state index contributed by atoms with van der Waals surface area (Å²) in [7, 11) is 0. The molecular formula is C17H19F3N4O. The van der Waals surface area contributed by atoms with Gasteiger partial charge in [0.25, 0.3) is 5.91 Å². The van der Waals surface area contributed by atoms with Gasteiger partial charge >= 0.3 is 6.18 Å². The van der Waals surface area contributed by atoms with Crippen LogP contribution in [0.2, 0.25) is 0 Å².